The van der Waals surface area contributed by atoms with Crippen molar-refractivity contribution < 1.29 is 0 Å². The van der Waals surface area contributed by atoms with Crippen LogP contribution in [0.1, 0.15) is 0 Å². The van der Waals surface area contributed by atoms with Crippen LogP contribution in [0.4, 0.5) is 0 Å². The molecule has 0 saturated heterocycles. The van der Waals surface area contributed by atoms with Gasteiger partial charge in [0, 0.05) is 11.8 Å². The number of nitrogens with zero attached hydrogens (tertiary/aromatic N) is 3. The number of para-hydroxylation sites is 1. The fourth-order valence-corrected chi connectivity index (χ4v) is 2.59. The van der Waals surface area contributed by atoms with Crippen molar-refractivity contribution in [1.29, 1.82) is 0 Å². The molecule has 0 bridgehead atoms. The van der Waals surface area contributed by atoms with E-state index >= 15 is 0 Å². The van der Waals surface area contributed by atoms with Crippen LogP contribution in [0.15, 0.2) is 83.9 Å². The Morgan fingerprint density at radius 3 is 2.33 bits per heavy atom. The predicted molar refractivity (Wildman–Crippen MR) is 92.9 cm³/mol. The summed E-state index contributed by atoms with van der Waals surface area (Å²) in [7, 11) is 0. The van der Waals surface area contributed by atoms with Crippen molar-refractivity contribution in [2.24, 2.45) is 0 Å². The summed E-state index contributed by atoms with van der Waals surface area (Å²) in [6.45, 7) is 0. The Kier molecular flexibility index (Phi) is 3.51. The molecule has 4 rings (SSSR count). The Hall–Kier alpha value is -3.47. The fourth-order valence-electron chi connectivity index (χ4n) is 2.59. The van der Waals surface area contributed by atoms with Crippen molar-refractivity contribution in [3.63, 3.8) is 0 Å². The van der Waals surface area contributed by atoms with Crippen LogP contribution in [0.3, 0.4) is 0 Å². The van der Waals surface area contributed by atoms with Gasteiger partial charge in [-0.05, 0) is 18.2 Å². The topological polar surface area (TPSA) is 63.6 Å². The normalized spacial score (nSPS) is 10.7. The van der Waals surface area contributed by atoms with Crippen molar-refractivity contribution in [2.45, 2.75) is 0 Å². The van der Waals surface area contributed by atoms with E-state index in [1.807, 2.05) is 60.7 Å². The van der Waals surface area contributed by atoms with Crippen LogP contribution in [-0.2, 0) is 0 Å². The molecular formula is C19H14N4O. The van der Waals surface area contributed by atoms with Gasteiger partial charge in [0.2, 0.25) is 0 Å². The van der Waals surface area contributed by atoms with Gasteiger partial charge in [0.05, 0.1) is 23.3 Å². The van der Waals surface area contributed by atoms with Gasteiger partial charge in [-0.15, -0.1) is 0 Å². The summed E-state index contributed by atoms with van der Waals surface area (Å²) in [5.41, 5.74) is 3.29. The maximum absolute atomic E-state index is 12.3. The highest BCUT2D eigenvalue weighted by Gasteiger charge is 2.14. The summed E-state index contributed by atoms with van der Waals surface area (Å²) in [6, 6.07) is 21.2. The highest BCUT2D eigenvalue weighted by molar-refractivity contribution is 5.63. The van der Waals surface area contributed by atoms with Gasteiger partial charge in [-0.1, -0.05) is 48.5 Å². The zero-order valence-corrected chi connectivity index (χ0v) is 12.8. The summed E-state index contributed by atoms with van der Waals surface area (Å²) in [6.07, 6.45) is 3.29. The molecule has 0 amide bonds. The lowest BCUT2D eigenvalue weighted by Gasteiger charge is -2.08. The van der Waals surface area contributed by atoms with Crippen LogP contribution < -0.4 is 5.56 Å². The second-order valence-electron chi connectivity index (χ2n) is 5.29. The highest BCUT2D eigenvalue weighted by atomic mass is 16.1. The number of benzene rings is 2. The Balaban J connectivity index is 1.87. The Bertz CT molecular complexity index is 1020. The number of rotatable bonds is 3. The molecular weight excluding hydrogens is 300 g/mol. The molecule has 0 radical (unpaired) electrons. The van der Waals surface area contributed by atoms with Gasteiger partial charge in [0.25, 0.3) is 5.56 Å². The Morgan fingerprint density at radius 2 is 1.58 bits per heavy atom. The van der Waals surface area contributed by atoms with Gasteiger partial charge in [-0.2, -0.15) is 5.10 Å². The summed E-state index contributed by atoms with van der Waals surface area (Å²) in [4.78, 5) is 19.7. The first-order valence-electron chi connectivity index (χ1n) is 7.58. The summed E-state index contributed by atoms with van der Waals surface area (Å²) in [5.74, 6) is 0. The predicted octanol–water partition coefficient (Wildman–Crippen LogP) is 3.29. The van der Waals surface area contributed by atoms with E-state index in [1.54, 1.807) is 23.1 Å². The van der Waals surface area contributed by atoms with E-state index < -0.39 is 0 Å². The Morgan fingerprint density at radius 1 is 0.875 bits per heavy atom. The van der Waals surface area contributed by atoms with E-state index in [9.17, 15) is 4.79 Å². The molecule has 0 fully saturated rings. The van der Waals surface area contributed by atoms with E-state index in [0.717, 1.165) is 11.3 Å². The molecule has 24 heavy (non-hydrogen) atoms. The lowest BCUT2D eigenvalue weighted by atomic mass is 10.1. The second-order valence-corrected chi connectivity index (χ2v) is 5.29. The SMILES string of the molecule is O=c1[nH]cc(-c2ccccc2)nc1-c1ccnn1-c1ccccc1. The molecule has 0 atom stereocenters. The molecule has 0 aliphatic rings. The van der Waals surface area contributed by atoms with Crippen LogP contribution in [0.2, 0.25) is 0 Å². The number of hydrogen-bond donors (Lipinski definition) is 1. The van der Waals surface area contributed by atoms with Gasteiger partial charge in [-0.25, -0.2) is 9.67 Å². The zero-order chi connectivity index (χ0) is 16.4. The monoisotopic (exact) mass is 314 g/mol. The lowest BCUT2D eigenvalue weighted by molar-refractivity contribution is 0.881. The molecule has 2 aromatic carbocycles. The number of H-pyrrole nitrogens is 1. The third kappa shape index (κ3) is 2.52. The molecule has 2 aromatic heterocycles. The summed E-state index contributed by atoms with van der Waals surface area (Å²) in [5, 5.41) is 4.33. The molecule has 0 saturated carbocycles. The molecule has 2 heterocycles. The first-order chi connectivity index (χ1) is 11.8. The van der Waals surface area contributed by atoms with Gasteiger partial charge in [0.15, 0.2) is 5.69 Å². The number of aromatic amines is 1. The van der Waals surface area contributed by atoms with Gasteiger partial charge in [-0.3, -0.25) is 4.79 Å². The largest absolute Gasteiger partial charge is 0.325 e. The molecule has 0 unspecified atom stereocenters. The number of hydrogen-bond acceptors (Lipinski definition) is 3. The average Bonchev–Trinajstić information content (AvgIpc) is 3.13. The van der Waals surface area contributed by atoms with E-state index in [0.29, 0.717) is 17.1 Å². The maximum Gasteiger partial charge on any atom is 0.276 e. The number of aromatic nitrogens is 4. The van der Waals surface area contributed by atoms with Crippen LogP contribution in [-0.4, -0.2) is 19.7 Å². The summed E-state index contributed by atoms with van der Waals surface area (Å²) < 4.78 is 1.71. The standard InChI is InChI=1S/C19H14N4O/c24-19-18(22-16(13-20-19)14-7-3-1-4-8-14)17-11-12-21-23(17)15-9-5-2-6-10-15/h1-13H,(H,20,24). The lowest BCUT2D eigenvalue weighted by Crippen LogP contribution is -2.14. The highest BCUT2D eigenvalue weighted by Crippen LogP contribution is 2.21. The average molecular weight is 314 g/mol. The zero-order valence-electron chi connectivity index (χ0n) is 12.8. The molecule has 4 aromatic rings. The van der Waals surface area contributed by atoms with Crippen LogP contribution in [0.25, 0.3) is 28.3 Å². The fraction of sp³-hybridized carbons (Fsp3) is 0. The molecule has 116 valence electrons. The second kappa shape index (κ2) is 5.96. The van der Waals surface area contributed by atoms with Crippen LogP contribution >= 0.6 is 0 Å². The van der Waals surface area contributed by atoms with E-state index in [1.165, 1.54) is 0 Å². The smallest absolute Gasteiger partial charge is 0.276 e. The quantitative estimate of drug-likeness (QED) is 0.631. The molecule has 0 spiro atoms. The van der Waals surface area contributed by atoms with Crippen LogP contribution in [0, 0.1) is 0 Å². The van der Waals surface area contributed by atoms with Crippen LogP contribution in [0.5, 0.6) is 0 Å². The maximum atomic E-state index is 12.3. The van der Waals surface area contributed by atoms with Gasteiger partial charge in [0.1, 0.15) is 0 Å². The molecule has 1 N–H and O–H groups in total. The van der Waals surface area contributed by atoms with E-state index in [-0.39, 0.29) is 5.56 Å². The minimum atomic E-state index is -0.243. The Labute approximate surface area is 138 Å². The minimum Gasteiger partial charge on any atom is -0.325 e. The van der Waals surface area contributed by atoms with E-state index in [4.69, 9.17) is 0 Å². The van der Waals surface area contributed by atoms with Crippen molar-refractivity contribution >= 4 is 0 Å². The number of nitrogens with one attached hydrogen (secondary N) is 1. The minimum absolute atomic E-state index is 0.243. The van der Waals surface area contributed by atoms with E-state index in [2.05, 4.69) is 15.1 Å². The first kappa shape index (κ1) is 14.1. The van der Waals surface area contributed by atoms with Crippen molar-refractivity contribution in [1.82, 2.24) is 19.7 Å². The molecule has 5 nitrogen and oxygen atoms in total. The third-order valence-corrected chi connectivity index (χ3v) is 3.74. The molecule has 5 heteroatoms. The third-order valence-electron chi connectivity index (χ3n) is 3.74. The van der Waals surface area contributed by atoms with Gasteiger partial charge >= 0.3 is 0 Å². The first-order valence-corrected chi connectivity index (χ1v) is 7.58. The van der Waals surface area contributed by atoms with Gasteiger partial charge < -0.3 is 4.98 Å². The molecule has 0 aliphatic carbocycles. The van der Waals surface area contributed by atoms with Crippen molar-refractivity contribution in [2.75, 3.05) is 0 Å². The van der Waals surface area contributed by atoms with Crippen molar-refractivity contribution in [3.8, 4) is 28.3 Å². The summed E-state index contributed by atoms with van der Waals surface area (Å²) >= 11 is 0. The molecule has 0 aliphatic heterocycles. The van der Waals surface area contributed by atoms with Crippen molar-refractivity contribution in [3.05, 3.63) is 89.5 Å².